The van der Waals surface area contributed by atoms with E-state index in [-0.39, 0.29) is 36.7 Å². The molecule has 5 aromatic heterocycles. The van der Waals surface area contributed by atoms with Crippen molar-refractivity contribution in [3.8, 4) is 23.2 Å². The molecular weight excluding hydrogens is 739 g/mol. The fraction of sp³-hybridized carbons (Fsp3) is 0.302. The summed E-state index contributed by atoms with van der Waals surface area (Å²) in [5.41, 5.74) is 6.66. The van der Waals surface area contributed by atoms with E-state index in [1.807, 2.05) is 26.2 Å². The van der Waals surface area contributed by atoms with Crippen LogP contribution in [0.2, 0.25) is 0 Å². The van der Waals surface area contributed by atoms with Crippen molar-refractivity contribution in [1.82, 2.24) is 35.1 Å². The van der Waals surface area contributed by atoms with Gasteiger partial charge in [-0.05, 0) is 86.4 Å². The smallest absolute Gasteiger partial charge is 0.329 e. The van der Waals surface area contributed by atoms with Crippen LogP contribution in [0.3, 0.4) is 0 Å². The first kappa shape index (κ1) is 36.7. The minimum Gasteiger partial charge on any atom is -0.448 e. The summed E-state index contributed by atoms with van der Waals surface area (Å²) >= 11 is 0. The number of imide groups is 1. The predicted molar refractivity (Wildman–Crippen MR) is 216 cm³/mol. The van der Waals surface area contributed by atoms with Gasteiger partial charge in [0.1, 0.15) is 17.1 Å². The Balaban J connectivity index is 0.961. The Morgan fingerprint density at radius 3 is 2.67 bits per heavy atom. The summed E-state index contributed by atoms with van der Waals surface area (Å²) in [6, 6.07) is 12.7. The van der Waals surface area contributed by atoms with Crippen molar-refractivity contribution >= 4 is 56.9 Å². The van der Waals surface area contributed by atoms with Gasteiger partial charge in [0.2, 0.25) is 5.91 Å². The lowest BCUT2D eigenvalue weighted by Gasteiger charge is -2.33. The molecule has 2 N–H and O–H groups in total. The van der Waals surface area contributed by atoms with Crippen LogP contribution in [0.25, 0.3) is 33.3 Å². The number of fused-ring (bicyclic) bond motifs is 3. The van der Waals surface area contributed by atoms with E-state index < -0.39 is 11.9 Å². The zero-order chi connectivity index (χ0) is 39.9. The van der Waals surface area contributed by atoms with Crippen LogP contribution in [0, 0.1) is 18.8 Å². The Labute approximate surface area is 332 Å². The lowest BCUT2D eigenvalue weighted by molar-refractivity contribution is -0.120. The molecule has 15 nitrogen and oxygen atoms in total. The molecular formula is C43H39N9O6. The molecule has 0 unspecified atom stereocenters. The highest BCUT2D eigenvalue weighted by atomic mass is 16.5. The van der Waals surface area contributed by atoms with Crippen LogP contribution in [0.4, 0.5) is 22.0 Å². The maximum absolute atomic E-state index is 13.5. The Bertz CT molecular complexity index is 2780. The standard InChI is InChI=1S/C43H39N9O6/c1-25-20-30-33(50(2)42(25)55)21-27(26-11-18-57-19-12-26)22-34(30)51-16-5-8-32-35(51)24-47-39(48-32)29-7-4-13-44-38(29)41(54)46-14-3-6-28-23-31-36(58-28)9-15-45-40(31)52-17-10-37(53)49-43(52)56/h4,7,9,13,15,20-24,26H,5,8,10-12,14,16-19H2,1-2H3,(H,46,54)(H,49,53,56). The van der Waals surface area contributed by atoms with Gasteiger partial charge in [0, 0.05) is 69.2 Å². The Morgan fingerprint density at radius 1 is 0.966 bits per heavy atom. The third-order valence-corrected chi connectivity index (χ3v) is 11.0. The van der Waals surface area contributed by atoms with E-state index in [2.05, 4.69) is 49.5 Å². The zero-order valence-electron chi connectivity index (χ0n) is 32.0. The van der Waals surface area contributed by atoms with Gasteiger partial charge in [0.05, 0.1) is 46.3 Å². The first-order valence-corrected chi connectivity index (χ1v) is 19.3. The number of benzene rings is 1. The highest BCUT2D eigenvalue weighted by molar-refractivity contribution is 6.08. The SMILES string of the molecule is Cc1cc2c(N3CCCc4nc(-c5cccnc5C(=O)NCC#Cc5cc6c(N7CCC(=O)NC7=O)nccc6o5)ncc43)cc(C3CCOCC3)cc2n(C)c1=O. The average molecular weight is 778 g/mol. The molecule has 0 atom stereocenters. The number of carbonyl (C=O) groups excluding carboxylic acids is 3. The molecule has 292 valence electrons. The number of nitrogens with one attached hydrogen (secondary N) is 2. The van der Waals surface area contributed by atoms with Crippen LogP contribution in [0.1, 0.15) is 64.7 Å². The van der Waals surface area contributed by atoms with Gasteiger partial charge < -0.3 is 23.9 Å². The molecule has 6 aromatic rings. The quantitative estimate of drug-likeness (QED) is 0.217. The first-order valence-electron chi connectivity index (χ1n) is 19.3. The molecule has 0 saturated carbocycles. The average Bonchev–Trinajstić information content (AvgIpc) is 3.67. The normalized spacial score (nSPS) is 15.9. The molecule has 2 fully saturated rings. The summed E-state index contributed by atoms with van der Waals surface area (Å²) in [7, 11) is 1.84. The lowest BCUT2D eigenvalue weighted by atomic mass is 9.89. The van der Waals surface area contributed by atoms with E-state index in [1.165, 1.54) is 16.7 Å². The van der Waals surface area contributed by atoms with Crippen molar-refractivity contribution in [2.24, 2.45) is 7.05 Å². The minimum absolute atomic E-state index is 0.000377. The molecule has 9 rings (SSSR count). The van der Waals surface area contributed by atoms with Crippen LogP contribution < -0.4 is 26.0 Å². The number of aryl methyl sites for hydroxylation is 3. The minimum atomic E-state index is -0.546. The highest BCUT2D eigenvalue weighted by Crippen LogP contribution is 2.40. The number of amides is 4. The molecule has 8 heterocycles. The van der Waals surface area contributed by atoms with Crippen molar-refractivity contribution in [3.05, 3.63) is 99.7 Å². The van der Waals surface area contributed by atoms with Crippen molar-refractivity contribution in [1.29, 1.82) is 0 Å². The van der Waals surface area contributed by atoms with E-state index >= 15 is 0 Å². The number of hydrogen-bond donors (Lipinski definition) is 2. The van der Waals surface area contributed by atoms with Crippen LogP contribution in [-0.4, -0.2) is 75.2 Å². The second kappa shape index (κ2) is 15.2. The van der Waals surface area contributed by atoms with E-state index in [1.54, 1.807) is 35.0 Å². The summed E-state index contributed by atoms with van der Waals surface area (Å²) in [5, 5.41) is 6.69. The Kier molecular flexibility index (Phi) is 9.62. The summed E-state index contributed by atoms with van der Waals surface area (Å²) < 4.78 is 13.3. The molecule has 4 amide bonds. The van der Waals surface area contributed by atoms with Crippen molar-refractivity contribution in [2.75, 3.05) is 42.6 Å². The van der Waals surface area contributed by atoms with Gasteiger partial charge in [0.15, 0.2) is 11.6 Å². The lowest BCUT2D eigenvalue weighted by Crippen LogP contribution is -2.49. The number of carbonyl (C=O) groups is 3. The van der Waals surface area contributed by atoms with Gasteiger partial charge in [-0.25, -0.2) is 19.7 Å². The number of urea groups is 1. The van der Waals surface area contributed by atoms with Crippen molar-refractivity contribution in [3.63, 3.8) is 0 Å². The molecule has 0 spiro atoms. The summed E-state index contributed by atoms with van der Waals surface area (Å²) in [6.45, 7) is 4.24. The second-order valence-corrected chi connectivity index (χ2v) is 14.6. The monoisotopic (exact) mass is 777 g/mol. The van der Waals surface area contributed by atoms with Crippen LogP contribution >= 0.6 is 0 Å². The number of hydrogen-bond acceptors (Lipinski definition) is 11. The molecule has 0 radical (unpaired) electrons. The fourth-order valence-corrected chi connectivity index (χ4v) is 8.03. The summed E-state index contributed by atoms with van der Waals surface area (Å²) in [4.78, 5) is 72.9. The molecule has 0 aliphatic carbocycles. The van der Waals surface area contributed by atoms with E-state index in [4.69, 9.17) is 19.1 Å². The van der Waals surface area contributed by atoms with Gasteiger partial charge in [-0.2, -0.15) is 0 Å². The van der Waals surface area contributed by atoms with Crippen LogP contribution in [-0.2, 0) is 23.0 Å². The molecule has 1 aromatic carbocycles. The third kappa shape index (κ3) is 6.81. The number of furan rings is 1. The molecule has 3 aliphatic rings. The largest absolute Gasteiger partial charge is 0.448 e. The zero-order valence-corrected chi connectivity index (χ0v) is 32.0. The van der Waals surface area contributed by atoms with Gasteiger partial charge in [-0.1, -0.05) is 5.92 Å². The van der Waals surface area contributed by atoms with Gasteiger partial charge in [-0.3, -0.25) is 29.6 Å². The van der Waals surface area contributed by atoms with Gasteiger partial charge in [-0.15, -0.1) is 0 Å². The maximum atomic E-state index is 13.5. The number of aromatic nitrogens is 5. The van der Waals surface area contributed by atoms with E-state index in [0.717, 1.165) is 60.2 Å². The van der Waals surface area contributed by atoms with Gasteiger partial charge >= 0.3 is 6.03 Å². The number of anilines is 3. The number of ether oxygens (including phenoxy) is 1. The molecule has 0 bridgehead atoms. The summed E-state index contributed by atoms with van der Waals surface area (Å²) in [5.74, 6) is 6.48. The van der Waals surface area contributed by atoms with E-state index in [9.17, 15) is 19.2 Å². The highest BCUT2D eigenvalue weighted by Gasteiger charge is 2.29. The fourth-order valence-electron chi connectivity index (χ4n) is 8.03. The molecule has 3 aliphatic heterocycles. The van der Waals surface area contributed by atoms with Gasteiger partial charge in [0.25, 0.3) is 11.5 Å². The van der Waals surface area contributed by atoms with Crippen molar-refractivity contribution in [2.45, 2.75) is 44.9 Å². The third-order valence-electron chi connectivity index (χ3n) is 11.0. The molecule has 15 heteroatoms. The summed E-state index contributed by atoms with van der Waals surface area (Å²) in [6.07, 6.45) is 8.50. The van der Waals surface area contributed by atoms with E-state index in [0.29, 0.717) is 58.6 Å². The maximum Gasteiger partial charge on any atom is 0.329 e. The van der Waals surface area contributed by atoms with Crippen molar-refractivity contribution < 1.29 is 23.5 Å². The first-order chi connectivity index (χ1) is 28.2. The molecule has 2 saturated heterocycles. The Morgan fingerprint density at radius 2 is 1.83 bits per heavy atom. The predicted octanol–water partition coefficient (Wildman–Crippen LogP) is 5.05. The number of nitrogens with zero attached hydrogens (tertiary/aromatic N) is 7. The second-order valence-electron chi connectivity index (χ2n) is 14.6. The topological polar surface area (TPSA) is 178 Å². The van der Waals surface area contributed by atoms with Crippen LogP contribution in [0.15, 0.2) is 70.3 Å². The van der Waals surface area contributed by atoms with Crippen LogP contribution in [0.5, 0.6) is 0 Å². The number of rotatable bonds is 6. The molecule has 58 heavy (non-hydrogen) atoms. The Hall–Kier alpha value is -6.92. The number of pyridine rings is 3.